The van der Waals surface area contributed by atoms with Crippen LogP contribution in [0.3, 0.4) is 0 Å². The molecule has 0 aliphatic carbocycles. The standard InChI is InChI=1S/C25H24ClN7O/c26-21-8-2-1-5-17(21)13-29-25-30-15-20-22(32-25)9-11-28-23(20)33-12-4-6-18(16-33)24(34)31-19-7-3-10-27-14-19/h1-3,5,7-11,14-15,18H,4,6,12-13,16H2,(H,31,34)(H,29,30,32). The molecular formula is C25H24ClN7O. The van der Waals surface area contributed by atoms with Gasteiger partial charge in [-0.2, -0.15) is 0 Å². The van der Waals surface area contributed by atoms with Gasteiger partial charge in [-0.25, -0.2) is 15.0 Å². The topological polar surface area (TPSA) is 95.9 Å². The van der Waals surface area contributed by atoms with Gasteiger partial charge in [0.05, 0.1) is 28.7 Å². The molecule has 1 aliphatic rings. The summed E-state index contributed by atoms with van der Waals surface area (Å²) in [5.74, 6) is 1.19. The minimum atomic E-state index is -0.136. The van der Waals surface area contributed by atoms with Gasteiger partial charge in [0, 0.05) is 43.2 Å². The number of rotatable bonds is 6. The van der Waals surface area contributed by atoms with E-state index in [1.54, 1.807) is 30.9 Å². The van der Waals surface area contributed by atoms with Gasteiger partial charge in [-0.3, -0.25) is 9.78 Å². The molecule has 5 rings (SSSR count). The van der Waals surface area contributed by atoms with Gasteiger partial charge in [0.15, 0.2) is 0 Å². The highest BCUT2D eigenvalue weighted by Gasteiger charge is 2.27. The molecule has 8 nitrogen and oxygen atoms in total. The zero-order valence-electron chi connectivity index (χ0n) is 18.5. The molecule has 9 heteroatoms. The lowest BCUT2D eigenvalue weighted by molar-refractivity contribution is -0.120. The Morgan fingerprint density at radius 1 is 1.09 bits per heavy atom. The van der Waals surface area contributed by atoms with Gasteiger partial charge in [-0.1, -0.05) is 29.8 Å². The fourth-order valence-corrected chi connectivity index (χ4v) is 4.36. The number of aromatic nitrogens is 4. The van der Waals surface area contributed by atoms with E-state index in [-0.39, 0.29) is 11.8 Å². The Morgan fingerprint density at radius 3 is 2.85 bits per heavy atom. The normalized spacial score (nSPS) is 15.8. The van der Waals surface area contributed by atoms with Crippen LogP contribution in [0.1, 0.15) is 18.4 Å². The zero-order chi connectivity index (χ0) is 23.3. The van der Waals surface area contributed by atoms with Crippen LogP contribution in [0.4, 0.5) is 17.5 Å². The number of hydrogen-bond acceptors (Lipinski definition) is 7. The van der Waals surface area contributed by atoms with Crippen LogP contribution in [0.25, 0.3) is 10.9 Å². The van der Waals surface area contributed by atoms with Crippen molar-refractivity contribution < 1.29 is 4.79 Å². The molecule has 1 fully saturated rings. The summed E-state index contributed by atoms with van der Waals surface area (Å²) in [6.07, 6.45) is 8.62. The Morgan fingerprint density at radius 2 is 2.00 bits per heavy atom. The van der Waals surface area contributed by atoms with Gasteiger partial charge < -0.3 is 15.5 Å². The van der Waals surface area contributed by atoms with Crippen LogP contribution in [0.15, 0.2) is 67.3 Å². The summed E-state index contributed by atoms with van der Waals surface area (Å²) in [6.45, 7) is 1.95. The van der Waals surface area contributed by atoms with Crippen LogP contribution in [-0.4, -0.2) is 38.9 Å². The molecule has 1 aliphatic heterocycles. The number of hydrogen-bond donors (Lipinski definition) is 2. The van der Waals surface area contributed by atoms with E-state index in [1.165, 1.54) is 0 Å². The van der Waals surface area contributed by atoms with Gasteiger partial charge in [0.1, 0.15) is 5.82 Å². The van der Waals surface area contributed by atoms with Crippen molar-refractivity contribution in [2.75, 3.05) is 28.6 Å². The van der Waals surface area contributed by atoms with Crippen LogP contribution in [0.5, 0.6) is 0 Å². The van der Waals surface area contributed by atoms with Crippen LogP contribution in [-0.2, 0) is 11.3 Å². The van der Waals surface area contributed by atoms with Crippen LogP contribution in [0.2, 0.25) is 5.02 Å². The number of amides is 1. The summed E-state index contributed by atoms with van der Waals surface area (Å²) < 4.78 is 0. The second-order valence-electron chi connectivity index (χ2n) is 8.22. The van der Waals surface area contributed by atoms with Crippen LogP contribution < -0.4 is 15.5 Å². The van der Waals surface area contributed by atoms with Crippen molar-refractivity contribution in [3.05, 3.63) is 77.8 Å². The fourth-order valence-electron chi connectivity index (χ4n) is 4.16. The van der Waals surface area contributed by atoms with Gasteiger partial charge in [-0.15, -0.1) is 0 Å². The molecule has 172 valence electrons. The number of fused-ring (bicyclic) bond motifs is 1. The maximum absolute atomic E-state index is 12.8. The third-order valence-electron chi connectivity index (χ3n) is 5.90. The molecule has 0 bridgehead atoms. The first-order valence-corrected chi connectivity index (χ1v) is 11.6. The van der Waals surface area contributed by atoms with Crippen molar-refractivity contribution in [2.45, 2.75) is 19.4 Å². The van der Waals surface area contributed by atoms with E-state index >= 15 is 0 Å². The Bertz CT molecular complexity index is 1300. The molecule has 4 heterocycles. The highest BCUT2D eigenvalue weighted by atomic mass is 35.5. The third kappa shape index (κ3) is 4.92. The maximum Gasteiger partial charge on any atom is 0.229 e. The molecule has 4 aromatic rings. The largest absolute Gasteiger partial charge is 0.355 e. The number of benzene rings is 1. The first kappa shape index (κ1) is 22.0. The molecule has 1 amide bonds. The van der Waals surface area contributed by atoms with Gasteiger partial charge in [-0.05, 0) is 42.7 Å². The Balaban J connectivity index is 1.31. The molecular weight excluding hydrogens is 450 g/mol. The molecule has 1 saturated heterocycles. The number of carbonyl (C=O) groups excluding carboxylic acids is 1. The molecule has 0 saturated carbocycles. The molecule has 1 aromatic carbocycles. The van der Waals surface area contributed by atoms with Gasteiger partial charge in [0.25, 0.3) is 0 Å². The minimum absolute atomic E-state index is 0.000227. The van der Waals surface area contributed by atoms with Crippen molar-refractivity contribution in [3.8, 4) is 0 Å². The number of nitrogens with one attached hydrogen (secondary N) is 2. The summed E-state index contributed by atoms with van der Waals surface area (Å²) in [6, 6.07) is 13.2. The Kier molecular flexibility index (Phi) is 6.49. The lowest BCUT2D eigenvalue weighted by Gasteiger charge is -2.33. The lowest BCUT2D eigenvalue weighted by Crippen LogP contribution is -2.41. The molecule has 2 N–H and O–H groups in total. The van der Waals surface area contributed by atoms with Crippen LogP contribution >= 0.6 is 11.6 Å². The summed E-state index contributed by atoms with van der Waals surface area (Å²) in [4.78, 5) is 32.8. The molecule has 0 spiro atoms. The van der Waals surface area contributed by atoms with E-state index in [9.17, 15) is 4.79 Å². The number of anilines is 3. The smallest absolute Gasteiger partial charge is 0.229 e. The number of pyridine rings is 2. The van der Waals surface area contributed by atoms with Gasteiger partial charge in [0.2, 0.25) is 11.9 Å². The summed E-state index contributed by atoms with van der Waals surface area (Å²) in [7, 11) is 0. The summed E-state index contributed by atoms with van der Waals surface area (Å²) in [5.41, 5.74) is 2.48. The highest BCUT2D eigenvalue weighted by molar-refractivity contribution is 6.31. The molecule has 3 aromatic heterocycles. The number of nitrogens with zero attached hydrogens (tertiary/aromatic N) is 5. The summed E-state index contributed by atoms with van der Waals surface area (Å²) >= 11 is 6.25. The quantitative estimate of drug-likeness (QED) is 0.424. The van der Waals surface area contributed by atoms with Crippen molar-refractivity contribution in [1.82, 2.24) is 19.9 Å². The average molecular weight is 474 g/mol. The second-order valence-corrected chi connectivity index (χ2v) is 8.63. The predicted octanol–water partition coefficient (Wildman–Crippen LogP) is 4.54. The fraction of sp³-hybridized carbons (Fsp3) is 0.240. The van der Waals surface area contributed by atoms with E-state index < -0.39 is 0 Å². The second kappa shape index (κ2) is 10.0. The minimum Gasteiger partial charge on any atom is -0.355 e. The maximum atomic E-state index is 12.8. The van der Waals surface area contributed by atoms with Crippen molar-refractivity contribution in [3.63, 3.8) is 0 Å². The third-order valence-corrected chi connectivity index (χ3v) is 6.27. The van der Waals surface area contributed by atoms with E-state index in [1.807, 2.05) is 36.4 Å². The average Bonchev–Trinajstić information content (AvgIpc) is 2.88. The SMILES string of the molecule is O=C(Nc1cccnc1)C1CCCN(c2nccc3nc(NCc4ccccc4Cl)ncc23)C1. The van der Waals surface area contributed by atoms with E-state index in [2.05, 4.69) is 35.5 Å². The van der Waals surface area contributed by atoms with E-state index in [0.29, 0.717) is 29.7 Å². The monoisotopic (exact) mass is 473 g/mol. The van der Waals surface area contributed by atoms with Crippen molar-refractivity contribution in [1.29, 1.82) is 0 Å². The number of halogens is 1. The lowest BCUT2D eigenvalue weighted by atomic mass is 9.96. The first-order valence-electron chi connectivity index (χ1n) is 11.2. The number of carbonyl (C=O) groups is 1. The zero-order valence-corrected chi connectivity index (χ0v) is 19.2. The van der Waals surface area contributed by atoms with Crippen LogP contribution in [0, 0.1) is 5.92 Å². The highest BCUT2D eigenvalue weighted by Crippen LogP contribution is 2.28. The number of piperidine rings is 1. The molecule has 34 heavy (non-hydrogen) atoms. The van der Waals surface area contributed by atoms with Gasteiger partial charge >= 0.3 is 0 Å². The van der Waals surface area contributed by atoms with Crippen molar-refractivity contribution in [2.24, 2.45) is 5.92 Å². The Labute approximate surface area is 202 Å². The predicted molar refractivity (Wildman–Crippen MR) is 134 cm³/mol. The van der Waals surface area contributed by atoms with E-state index in [0.717, 1.165) is 41.7 Å². The summed E-state index contributed by atoms with van der Waals surface area (Å²) in [5, 5.41) is 7.77. The molecule has 1 atom stereocenters. The molecule has 0 radical (unpaired) electrons. The molecule has 1 unspecified atom stereocenters. The van der Waals surface area contributed by atoms with Crippen molar-refractivity contribution >= 4 is 45.9 Å². The first-order chi connectivity index (χ1) is 16.7. The van der Waals surface area contributed by atoms with E-state index in [4.69, 9.17) is 11.6 Å². The Hall–Kier alpha value is -3.78.